The van der Waals surface area contributed by atoms with Crippen molar-refractivity contribution in [3.05, 3.63) is 71.2 Å². The molecule has 6 nitrogen and oxygen atoms in total. The second kappa shape index (κ2) is 12.0. The van der Waals surface area contributed by atoms with Crippen molar-refractivity contribution in [3.8, 4) is 0 Å². The Morgan fingerprint density at radius 2 is 1.29 bits per heavy atom. The van der Waals surface area contributed by atoms with Crippen molar-refractivity contribution in [2.45, 2.75) is 52.0 Å². The van der Waals surface area contributed by atoms with E-state index in [1.165, 1.54) is 0 Å². The molecule has 5 N–H and O–H groups in total. The Kier molecular flexibility index (Phi) is 9.59. The zero-order valence-corrected chi connectivity index (χ0v) is 21.1. The smallest absolute Gasteiger partial charge is 0.134 e. The summed E-state index contributed by atoms with van der Waals surface area (Å²) in [4.78, 5) is 0. The number of hydrogen-bond acceptors (Lipinski definition) is 4. The van der Waals surface area contributed by atoms with Crippen LogP contribution in [0.5, 0.6) is 0 Å². The predicted molar refractivity (Wildman–Crippen MR) is 144 cm³/mol. The lowest BCUT2D eigenvalue weighted by molar-refractivity contribution is 0.509. The molecule has 8 heteroatoms. The van der Waals surface area contributed by atoms with Crippen molar-refractivity contribution in [3.63, 3.8) is 0 Å². The lowest BCUT2D eigenvalue weighted by Gasteiger charge is -2.10. The number of halogens is 2. The van der Waals surface area contributed by atoms with Gasteiger partial charge in [-0.1, -0.05) is 6.42 Å². The third kappa shape index (κ3) is 6.55. The molecule has 0 unspecified atom stereocenters. The summed E-state index contributed by atoms with van der Waals surface area (Å²) in [7, 11) is 0. The Bertz CT molecular complexity index is 1280. The van der Waals surface area contributed by atoms with Gasteiger partial charge in [0.1, 0.15) is 34.4 Å². The molecule has 0 radical (unpaired) electrons. The largest absolute Gasteiger partial charge is 0.461 e. The van der Waals surface area contributed by atoms with Gasteiger partial charge < -0.3 is 19.9 Å². The van der Waals surface area contributed by atoms with E-state index in [2.05, 4.69) is 11.4 Å². The topological polar surface area (TPSA) is 112 Å². The average Bonchev–Trinajstić information content (AvgIpc) is 3.34. The highest BCUT2D eigenvalue weighted by Crippen LogP contribution is 2.24. The van der Waals surface area contributed by atoms with E-state index in [1.54, 1.807) is 0 Å². The Labute approximate surface area is 212 Å². The number of aryl methyl sites for hydroxylation is 2. The van der Waals surface area contributed by atoms with Gasteiger partial charge in [0.05, 0.1) is 0 Å². The Hall–Kier alpha value is -2.96. The highest BCUT2D eigenvalue weighted by Gasteiger charge is 2.09. The number of nitrogens with two attached hydrogens (primary N) is 1. The van der Waals surface area contributed by atoms with Crippen molar-refractivity contribution in [1.29, 1.82) is 10.8 Å². The van der Waals surface area contributed by atoms with Gasteiger partial charge in [-0.05, 0) is 75.2 Å². The summed E-state index contributed by atoms with van der Waals surface area (Å²) < 4.78 is 11.9. The highest BCUT2D eigenvalue weighted by molar-refractivity contribution is 6.00. The maximum absolute atomic E-state index is 8.17. The van der Waals surface area contributed by atoms with E-state index >= 15 is 0 Å². The summed E-state index contributed by atoms with van der Waals surface area (Å²) in [5.41, 5.74) is 8.87. The molecule has 0 aliphatic rings. The van der Waals surface area contributed by atoms with Gasteiger partial charge in [0, 0.05) is 40.8 Å². The van der Waals surface area contributed by atoms with Gasteiger partial charge in [-0.25, -0.2) is 0 Å². The molecule has 4 aromatic rings. The van der Waals surface area contributed by atoms with Crippen LogP contribution in [-0.2, 0) is 12.8 Å². The molecule has 2 heterocycles. The van der Waals surface area contributed by atoms with Gasteiger partial charge in [-0.3, -0.25) is 10.8 Å². The molecule has 0 aliphatic heterocycles. The highest BCUT2D eigenvalue weighted by atomic mass is 35.5. The predicted octanol–water partition coefficient (Wildman–Crippen LogP) is 6.59. The van der Waals surface area contributed by atoms with E-state index in [0.717, 1.165) is 76.7 Å². The first-order chi connectivity index (χ1) is 15.4. The lowest BCUT2D eigenvalue weighted by atomic mass is 10.1. The average molecular weight is 503 g/mol. The van der Waals surface area contributed by atoms with Gasteiger partial charge in [0.25, 0.3) is 0 Å². The van der Waals surface area contributed by atoms with Crippen LogP contribution >= 0.6 is 24.8 Å². The Balaban J connectivity index is 0.00000204. The molecule has 0 saturated heterocycles. The van der Waals surface area contributed by atoms with Crippen LogP contribution in [0.1, 0.15) is 55.8 Å². The maximum Gasteiger partial charge on any atom is 0.134 e. The zero-order valence-electron chi connectivity index (χ0n) is 19.4. The molecule has 4 rings (SSSR count). The SMILES string of the molecule is CC(C)NC(=N)c1ccc2oc(CCCCCc3cc4cc(C(=N)N)ccc4o3)cc2c1.Cl.Cl. The number of rotatable bonds is 9. The number of fused-ring (bicyclic) bond motifs is 2. The molecule has 2 aromatic carbocycles. The van der Waals surface area contributed by atoms with E-state index in [1.807, 2.05) is 56.3 Å². The summed E-state index contributed by atoms with van der Waals surface area (Å²) >= 11 is 0. The standard InChI is InChI=1S/C26H30N4O2.2ClH/c1-16(2)30-26(29)18-9-11-24-20(13-18)15-22(32-24)7-5-3-4-6-21-14-19-12-17(25(27)28)8-10-23(19)31-21;;/h8-16H,3-7H2,1-2H3,(H3,27,28)(H2,29,30);2*1H. The molecule has 0 aliphatic carbocycles. The number of nitrogen functional groups attached to an aromatic ring is 1. The van der Waals surface area contributed by atoms with Gasteiger partial charge in [-0.15, -0.1) is 24.8 Å². The summed E-state index contributed by atoms with van der Waals surface area (Å²) in [5.74, 6) is 2.46. The fourth-order valence-corrected chi connectivity index (χ4v) is 3.91. The fourth-order valence-electron chi connectivity index (χ4n) is 3.91. The van der Waals surface area contributed by atoms with Crippen LogP contribution in [0.15, 0.2) is 57.4 Å². The molecule has 0 amide bonds. The van der Waals surface area contributed by atoms with Crippen LogP contribution in [0.25, 0.3) is 21.9 Å². The molecule has 0 atom stereocenters. The van der Waals surface area contributed by atoms with Crippen LogP contribution in [0.2, 0.25) is 0 Å². The second-order valence-corrected chi connectivity index (χ2v) is 8.58. The van der Waals surface area contributed by atoms with Crippen molar-refractivity contribution >= 4 is 58.4 Å². The van der Waals surface area contributed by atoms with E-state index in [4.69, 9.17) is 25.4 Å². The summed E-state index contributed by atoms with van der Waals surface area (Å²) in [6.45, 7) is 4.06. The Morgan fingerprint density at radius 1 is 0.794 bits per heavy atom. The van der Waals surface area contributed by atoms with Crippen LogP contribution in [0, 0.1) is 10.8 Å². The number of benzene rings is 2. The molecular weight excluding hydrogens is 471 g/mol. The van der Waals surface area contributed by atoms with E-state index in [0.29, 0.717) is 5.84 Å². The number of unbranched alkanes of at least 4 members (excludes halogenated alkanes) is 2. The van der Waals surface area contributed by atoms with Gasteiger partial charge in [0.15, 0.2) is 0 Å². The zero-order chi connectivity index (χ0) is 22.7. The maximum atomic E-state index is 8.17. The quantitative estimate of drug-likeness (QED) is 0.117. The molecule has 0 saturated carbocycles. The number of hydrogen-bond donors (Lipinski definition) is 4. The number of nitrogens with one attached hydrogen (secondary N) is 3. The van der Waals surface area contributed by atoms with E-state index in [9.17, 15) is 0 Å². The van der Waals surface area contributed by atoms with E-state index < -0.39 is 0 Å². The number of furan rings is 2. The molecule has 0 spiro atoms. The molecule has 2 aromatic heterocycles. The monoisotopic (exact) mass is 502 g/mol. The molecule has 182 valence electrons. The molecular formula is C26H32Cl2N4O2. The van der Waals surface area contributed by atoms with Gasteiger partial charge >= 0.3 is 0 Å². The molecule has 34 heavy (non-hydrogen) atoms. The van der Waals surface area contributed by atoms with Gasteiger partial charge in [0.2, 0.25) is 0 Å². The summed E-state index contributed by atoms with van der Waals surface area (Å²) in [6.07, 6.45) is 4.96. The first kappa shape index (κ1) is 27.3. The minimum absolute atomic E-state index is 0. The van der Waals surface area contributed by atoms with Crippen molar-refractivity contribution in [2.24, 2.45) is 5.73 Å². The molecule has 0 bridgehead atoms. The minimum atomic E-state index is 0. The first-order valence-corrected chi connectivity index (χ1v) is 11.1. The van der Waals surface area contributed by atoms with E-state index in [-0.39, 0.29) is 36.7 Å². The lowest BCUT2D eigenvalue weighted by Crippen LogP contribution is -2.30. The van der Waals surface area contributed by atoms with Gasteiger partial charge in [-0.2, -0.15) is 0 Å². The van der Waals surface area contributed by atoms with Crippen molar-refractivity contribution < 1.29 is 8.83 Å². The summed E-state index contributed by atoms with van der Waals surface area (Å²) in [6, 6.07) is 15.9. The number of amidine groups is 2. The van der Waals surface area contributed by atoms with Crippen molar-refractivity contribution in [1.82, 2.24) is 5.32 Å². The van der Waals surface area contributed by atoms with Crippen molar-refractivity contribution in [2.75, 3.05) is 0 Å². The second-order valence-electron chi connectivity index (χ2n) is 8.58. The Morgan fingerprint density at radius 3 is 1.79 bits per heavy atom. The van der Waals surface area contributed by atoms with Crippen LogP contribution in [0.4, 0.5) is 0 Å². The summed E-state index contributed by atoms with van der Waals surface area (Å²) in [5, 5.41) is 20.9. The minimum Gasteiger partial charge on any atom is -0.461 e. The van der Waals surface area contributed by atoms with Crippen LogP contribution in [-0.4, -0.2) is 17.7 Å². The van der Waals surface area contributed by atoms with Crippen LogP contribution < -0.4 is 11.1 Å². The third-order valence-electron chi connectivity index (χ3n) is 5.51. The molecule has 0 fully saturated rings. The fraction of sp³-hybridized carbons (Fsp3) is 0.308. The normalized spacial score (nSPS) is 10.8. The van der Waals surface area contributed by atoms with Crippen LogP contribution in [0.3, 0.4) is 0 Å². The third-order valence-corrected chi connectivity index (χ3v) is 5.51. The first-order valence-electron chi connectivity index (χ1n) is 11.1.